The van der Waals surface area contributed by atoms with Gasteiger partial charge in [0.05, 0.1) is 23.6 Å². The number of benzene rings is 2. The summed E-state index contributed by atoms with van der Waals surface area (Å²) in [6.07, 6.45) is 0.769. The van der Waals surface area contributed by atoms with Gasteiger partial charge in [-0.25, -0.2) is 4.79 Å². The number of hydrogen-bond donors (Lipinski definition) is 1. The third kappa shape index (κ3) is 5.64. The van der Waals surface area contributed by atoms with Gasteiger partial charge in [-0.2, -0.15) is 4.68 Å². The average molecular weight is 411 g/mol. The third-order valence-corrected chi connectivity index (χ3v) is 4.81. The molecule has 0 fully saturated rings. The number of aryl methyl sites for hydroxylation is 1. The molecule has 0 bridgehead atoms. The number of amides is 1. The number of tetrazole rings is 1. The van der Waals surface area contributed by atoms with Crippen LogP contribution in [-0.4, -0.2) is 44.4 Å². The summed E-state index contributed by atoms with van der Waals surface area (Å²) < 4.78 is 6.67. The monoisotopic (exact) mass is 411 g/mol. The van der Waals surface area contributed by atoms with E-state index < -0.39 is 0 Å². The molecule has 0 radical (unpaired) electrons. The van der Waals surface area contributed by atoms with Gasteiger partial charge in [-0.15, -0.1) is 5.10 Å². The number of carbonyl (C=O) groups excluding carboxylic acids is 2. The molecule has 2 aromatic carbocycles. The summed E-state index contributed by atoms with van der Waals surface area (Å²) in [7, 11) is 0. The molecule has 3 rings (SSSR count). The van der Waals surface area contributed by atoms with Gasteiger partial charge in [0.1, 0.15) is 0 Å². The largest absolute Gasteiger partial charge is 0.462 e. The zero-order valence-corrected chi connectivity index (χ0v) is 17.0. The zero-order chi connectivity index (χ0) is 20.6. The number of nitrogens with zero attached hydrogens (tertiary/aromatic N) is 4. The van der Waals surface area contributed by atoms with Gasteiger partial charge in [0.2, 0.25) is 11.1 Å². The highest BCUT2D eigenvalue weighted by Gasteiger charge is 2.12. The molecule has 1 heterocycles. The van der Waals surface area contributed by atoms with Gasteiger partial charge in [-0.3, -0.25) is 4.79 Å². The maximum atomic E-state index is 12.3. The number of ether oxygens (including phenoxy) is 1. The molecule has 0 aliphatic carbocycles. The van der Waals surface area contributed by atoms with Gasteiger partial charge < -0.3 is 10.1 Å². The van der Waals surface area contributed by atoms with Crippen LogP contribution in [0.15, 0.2) is 53.7 Å². The van der Waals surface area contributed by atoms with Crippen molar-refractivity contribution >= 4 is 29.3 Å². The Kier molecular flexibility index (Phi) is 6.96. The summed E-state index contributed by atoms with van der Waals surface area (Å²) in [6.45, 7) is 4.32. The average Bonchev–Trinajstić information content (AvgIpc) is 3.20. The standard InChI is InChI=1S/C20H21N5O3S/c1-3-12-28-19(27)15-6-8-16(9-7-15)21-18(26)13-29-20-22-23-24-25(20)17-10-4-14(2)5-11-17/h4-11H,3,12-13H2,1-2H3,(H,21,26). The first-order chi connectivity index (χ1) is 14.1. The Morgan fingerprint density at radius 2 is 1.83 bits per heavy atom. The van der Waals surface area contributed by atoms with Gasteiger partial charge in [-0.1, -0.05) is 36.4 Å². The quantitative estimate of drug-likeness (QED) is 0.449. The number of anilines is 1. The first kappa shape index (κ1) is 20.5. The van der Waals surface area contributed by atoms with E-state index in [1.54, 1.807) is 28.9 Å². The lowest BCUT2D eigenvalue weighted by Gasteiger charge is -2.07. The van der Waals surface area contributed by atoms with Crippen molar-refractivity contribution in [2.75, 3.05) is 17.7 Å². The van der Waals surface area contributed by atoms with E-state index in [0.717, 1.165) is 17.7 Å². The molecule has 1 aromatic heterocycles. The molecule has 1 amide bonds. The fourth-order valence-corrected chi connectivity index (χ4v) is 3.10. The molecule has 0 saturated heterocycles. The first-order valence-electron chi connectivity index (χ1n) is 9.12. The Morgan fingerprint density at radius 1 is 1.10 bits per heavy atom. The second-order valence-electron chi connectivity index (χ2n) is 6.26. The van der Waals surface area contributed by atoms with Crippen molar-refractivity contribution in [1.29, 1.82) is 0 Å². The van der Waals surface area contributed by atoms with Crippen molar-refractivity contribution < 1.29 is 14.3 Å². The number of rotatable bonds is 8. The van der Waals surface area contributed by atoms with Gasteiger partial charge in [0.25, 0.3) is 0 Å². The molecule has 0 spiro atoms. The fourth-order valence-electron chi connectivity index (χ4n) is 2.41. The molecule has 9 heteroatoms. The van der Waals surface area contributed by atoms with Gasteiger partial charge in [0.15, 0.2) is 0 Å². The van der Waals surface area contributed by atoms with E-state index in [9.17, 15) is 9.59 Å². The summed E-state index contributed by atoms with van der Waals surface area (Å²) in [5.74, 6) is -0.426. The summed E-state index contributed by atoms with van der Waals surface area (Å²) in [5, 5.41) is 15.0. The van der Waals surface area contributed by atoms with Crippen LogP contribution in [-0.2, 0) is 9.53 Å². The van der Waals surface area contributed by atoms with Gasteiger partial charge in [0, 0.05) is 5.69 Å². The minimum atomic E-state index is -0.372. The van der Waals surface area contributed by atoms with Crippen LogP contribution in [0.3, 0.4) is 0 Å². The molecule has 150 valence electrons. The minimum Gasteiger partial charge on any atom is -0.462 e. The Labute approximate surface area is 172 Å². The van der Waals surface area contributed by atoms with E-state index in [-0.39, 0.29) is 17.6 Å². The van der Waals surface area contributed by atoms with E-state index in [2.05, 4.69) is 20.8 Å². The Hall–Kier alpha value is -3.20. The van der Waals surface area contributed by atoms with E-state index in [4.69, 9.17) is 4.74 Å². The van der Waals surface area contributed by atoms with Crippen molar-refractivity contribution in [3.8, 4) is 5.69 Å². The minimum absolute atomic E-state index is 0.145. The smallest absolute Gasteiger partial charge is 0.338 e. The van der Waals surface area contributed by atoms with Crippen molar-refractivity contribution in [3.05, 3.63) is 59.7 Å². The zero-order valence-electron chi connectivity index (χ0n) is 16.2. The Bertz CT molecular complexity index is 971. The molecule has 0 aliphatic heterocycles. The second kappa shape index (κ2) is 9.83. The number of thioether (sulfide) groups is 1. The molecule has 3 aromatic rings. The highest BCUT2D eigenvalue weighted by molar-refractivity contribution is 7.99. The van der Waals surface area contributed by atoms with Crippen LogP contribution in [0.1, 0.15) is 29.3 Å². The summed E-state index contributed by atoms with van der Waals surface area (Å²) in [5.41, 5.74) is 3.01. The molecule has 0 atom stereocenters. The van der Waals surface area contributed by atoms with Crippen LogP contribution in [0.4, 0.5) is 5.69 Å². The molecule has 0 aliphatic rings. The van der Waals surface area contributed by atoms with Crippen molar-refractivity contribution in [2.45, 2.75) is 25.4 Å². The Balaban J connectivity index is 1.55. The molecule has 1 N–H and O–H groups in total. The second-order valence-corrected chi connectivity index (χ2v) is 7.20. The predicted molar refractivity (Wildman–Crippen MR) is 110 cm³/mol. The van der Waals surface area contributed by atoms with Crippen LogP contribution in [0.2, 0.25) is 0 Å². The van der Waals surface area contributed by atoms with E-state index in [1.165, 1.54) is 11.8 Å². The highest BCUT2D eigenvalue weighted by atomic mass is 32.2. The maximum absolute atomic E-state index is 12.3. The number of carbonyl (C=O) groups is 2. The third-order valence-electron chi connectivity index (χ3n) is 3.89. The summed E-state index contributed by atoms with van der Waals surface area (Å²) >= 11 is 1.24. The van der Waals surface area contributed by atoms with Crippen LogP contribution in [0.25, 0.3) is 5.69 Å². The molecular formula is C20H21N5O3S. The number of aromatic nitrogens is 4. The Morgan fingerprint density at radius 3 is 2.52 bits per heavy atom. The lowest BCUT2D eigenvalue weighted by Crippen LogP contribution is -2.15. The first-order valence-corrected chi connectivity index (χ1v) is 10.1. The van der Waals surface area contributed by atoms with Crippen LogP contribution < -0.4 is 5.32 Å². The summed E-state index contributed by atoms with van der Waals surface area (Å²) in [6, 6.07) is 14.4. The fraction of sp³-hybridized carbons (Fsp3) is 0.250. The van der Waals surface area contributed by atoms with E-state index in [0.29, 0.717) is 23.0 Å². The van der Waals surface area contributed by atoms with Crippen molar-refractivity contribution in [1.82, 2.24) is 20.2 Å². The van der Waals surface area contributed by atoms with Crippen molar-refractivity contribution in [3.63, 3.8) is 0 Å². The molecule has 29 heavy (non-hydrogen) atoms. The summed E-state index contributed by atoms with van der Waals surface area (Å²) in [4.78, 5) is 24.1. The van der Waals surface area contributed by atoms with E-state index >= 15 is 0 Å². The van der Waals surface area contributed by atoms with Crippen LogP contribution >= 0.6 is 11.8 Å². The lowest BCUT2D eigenvalue weighted by molar-refractivity contribution is -0.113. The normalized spacial score (nSPS) is 10.6. The topological polar surface area (TPSA) is 99.0 Å². The number of esters is 1. The number of hydrogen-bond acceptors (Lipinski definition) is 7. The molecule has 0 saturated carbocycles. The van der Waals surface area contributed by atoms with Crippen molar-refractivity contribution in [2.24, 2.45) is 0 Å². The predicted octanol–water partition coefficient (Wildman–Crippen LogP) is 3.27. The number of nitrogens with one attached hydrogen (secondary N) is 1. The van der Waals surface area contributed by atoms with Crippen LogP contribution in [0.5, 0.6) is 0 Å². The molecular weight excluding hydrogens is 390 g/mol. The molecule has 0 unspecified atom stereocenters. The lowest BCUT2D eigenvalue weighted by atomic mass is 10.2. The highest BCUT2D eigenvalue weighted by Crippen LogP contribution is 2.19. The van der Waals surface area contributed by atoms with Gasteiger partial charge >= 0.3 is 5.97 Å². The maximum Gasteiger partial charge on any atom is 0.338 e. The SMILES string of the molecule is CCCOC(=O)c1ccc(NC(=O)CSc2nnnn2-c2ccc(C)cc2)cc1. The van der Waals surface area contributed by atoms with E-state index in [1.807, 2.05) is 38.1 Å². The van der Waals surface area contributed by atoms with Crippen LogP contribution in [0, 0.1) is 6.92 Å². The molecule has 8 nitrogen and oxygen atoms in total. The van der Waals surface area contributed by atoms with Gasteiger partial charge in [-0.05, 0) is 60.2 Å².